The molecule has 1 aliphatic rings. The van der Waals surface area contributed by atoms with Crippen LogP contribution in [0.1, 0.15) is 17.3 Å². The first-order valence-electron chi connectivity index (χ1n) is 8.40. The van der Waals surface area contributed by atoms with E-state index in [4.69, 9.17) is 0 Å². The zero-order valence-electron chi connectivity index (χ0n) is 14.6. The number of hydrogen-bond acceptors (Lipinski definition) is 6. The molecular weight excluding hydrogens is 352 g/mol. The number of hydrogen-bond donors (Lipinski definition) is 1. The number of pyridine rings is 2. The van der Waals surface area contributed by atoms with Crippen molar-refractivity contribution >= 4 is 21.1 Å². The maximum atomic E-state index is 13.3. The highest BCUT2D eigenvalue weighted by molar-refractivity contribution is 7.89. The summed E-state index contributed by atoms with van der Waals surface area (Å²) < 4.78 is 29.9. The van der Waals surface area contributed by atoms with Gasteiger partial charge in [-0.05, 0) is 24.6 Å². The average Bonchev–Trinajstić information content (AvgIpc) is 2.96. The van der Waals surface area contributed by atoms with Crippen LogP contribution in [0.2, 0.25) is 0 Å². The lowest BCUT2D eigenvalue weighted by atomic mass is 10.1. The van der Waals surface area contributed by atoms with Crippen molar-refractivity contribution in [3.05, 3.63) is 48.0 Å². The smallest absolute Gasteiger partial charge is 0.245 e. The lowest BCUT2D eigenvalue weighted by Crippen LogP contribution is -2.48. The van der Waals surface area contributed by atoms with Gasteiger partial charge in [-0.1, -0.05) is 6.07 Å². The molecule has 0 saturated carbocycles. The molecule has 4 rings (SSSR count). The van der Waals surface area contributed by atoms with E-state index in [2.05, 4.69) is 20.4 Å². The summed E-state index contributed by atoms with van der Waals surface area (Å²) in [5, 5.41) is 8.33. The largest absolute Gasteiger partial charge is 0.313 e. The van der Waals surface area contributed by atoms with E-state index in [0.29, 0.717) is 25.3 Å². The highest BCUT2D eigenvalue weighted by Crippen LogP contribution is 2.29. The first-order chi connectivity index (χ1) is 12.5. The monoisotopic (exact) mass is 372 g/mol. The van der Waals surface area contributed by atoms with Crippen molar-refractivity contribution in [1.29, 1.82) is 0 Å². The van der Waals surface area contributed by atoms with E-state index in [1.165, 1.54) is 10.5 Å². The van der Waals surface area contributed by atoms with Crippen molar-refractivity contribution in [3.8, 4) is 0 Å². The Bertz CT molecular complexity index is 1050. The second-order valence-corrected chi connectivity index (χ2v) is 8.26. The Morgan fingerprint density at radius 2 is 2.15 bits per heavy atom. The summed E-state index contributed by atoms with van der Waals surface area (Å²) in [6.45, 7) is 3.40. The number of nitrogens with zero attached hydrogens (tertiary/aromatic N) is 5. The normalized spacial score (nSPS) is 19.1. The summed E-state index contributed by atoms with van der Waals surface area (Å²) in [5.74, 6) is 0. The molecule has 1 unspecified atom stereocenters. The molecule has 1 N–H and O–H groups in total. The summed E-state index contributed by atoms with van der Waals surface area (Å²) >= 11 is 0. The van der Waals surface area contributed by atoms with Crippen molar-refractivity contribution in [2.24, 2.45) is 7.05 Å². The molecule has 136 valence electrons. The minimum atomic E-state index is -3.69. The minimum Gasteiger partial charge on any atom is -0.313 e. The van der Waals surface area contributed by atoms with E-state index in [9.17, 15) is 8.42 Å². The van der Waals surface area contributed by atoms with Gasteiger partial charge in [0.05, 0.1) is 11.7 Å². The molecule has 0 aromatic carbocycles. The van der Waals surface area contributed by atoms with Crippen LogP contribution in [0, 0.1) is 6.92 Å². The van der Waals surface area contributed by atoms with Gasteiger partial charge < -0.3 is 5.32 Å². The molecule has 26 heavy (non-hydrogen) atoms. The molecule has 1 fully saturated rings. The van der Waals surface area contributed by atoms with Crippen LogP contribution in [0.15, 0.2) is 41.7 Å². The number of nitrogens with one attached hydrogen (secondary N) is 1. The molecular formula is C17H20N6O2S. The fourth-order valence-electron chi connectivity index (χ4n) is 3.40. The van der Waals surface area contributed by atoms with Gasteiger partial charge >= 0.3 is 0 Å². The summed E-state index contributed by atoms with van der Waals surface area (Å²) in [5.41, 5.74) is 2.30. The summed E-state index contributed by atoms with van der Waals surface area (Å²) in [7, 11) is -1.90. The molecule has 3 aromatic heterocycles. The van der Waals surface area contributed by atoms with E-state index in [1.807, 2.05) is 19.1 Å². The molecule has 0 spiro atoms. The van der Waals surface area contributed by atoms with Gasteiger partial charge in [0.1, 0.15) is 4.90 Å². The maximum absolute atomic E-state index is 13.3. The van der Waals surface area contributed by atoms with Crippen LogP contribution >= 0.6 is 0 Å². The van der Waals surface area contributed by atoms with E-state index in [0.717, 1.165) is 16.6 Å². The first kappa shape index (κ1) is 17.1. The molecule has 4 heterocycles. The number of fused-ring (bicyclic) bond motifs is 1. The van der Waals surface area contributed by atoms with Gasteiger partial charge in [0, 0.05) is 50.7 Å². The Morgan fingerprint density at radius 3 is 2.92 bits per heavy atom. The number of piperazine rings is 1. The van der Waals surface area contributed by atoms with Gasteiger partial charge in [-0.15, -0.1) is 0 Å². The SMILES string of the molecule is Cc1nn(C)c2ncc(S(=O)(=O)N3CCNCC3c3cccnc3)cc12. The molecule has 1 aliphatic heterocycles. The third-order valence-corrected chi connectivity index (χ3v) is 6.58. The van der Waals surface area contributed by atoms with Crippen molar-refractivity contribution < 1.29 is 8.42 Å². The van der Waals surface area contributed by atoms with Crippen LogP contribution in [0.5, 0.6) is 0 Å². The highest BCUT2D eigenvalue weighted by Gasteiger charge is 2.35. The second-order valence-electron chi connectivity index (χ2n) is 6.37. The molecule has 1 atom stereocenters. The fourth-order valence-corrected chi connectivity index (χ4v) is 4.98. The van der Waals surface area contributed by atoms with E-state index in [1.54, 1.807) is 30.2 Å². The Labute approximate surface area is 151 Å². The van der Waals surface area contributed by atoms with Gasteiger partial charge in [0.2, 0.25) is 10.0 Å². The molecule has 0 bridgehead atoms. The maximum Gasteiger partial charge on any atom is 0.245 e. The zero-order valence-corrected chi connectivity index (χ0v) is 15.4. The highest BCUT2D eigenvalue weighted by atomic mass is 32.2. The number of aromatic nitrogens is 4. The Kier molecular flexibility index (Phi) is 4.22. The fraction of sp³-hybridized carbons (Fsp3) is 0.353. The summed E-state index contributed by atoms with van der Waals surface area (Å²) in [6, 6.07) is 5.09. The quantitative estimate of drug-likeness (QED) is 0.737. The Balaban J connectivity index is 1.78. The Morgan fingerprint density at radius 1 is 1.31 bits per heavy atom. The lowest BCUT2D eigenvalue weighted by molar-refractivity contribution is 0.271. The first-order valence-corrected chi connectivity index (χ1v) is 9.84. The predicted octanol–water partition coefficient (Wildman–Crippen LogP) is 1.01. The standard InChI is InChI=1S/C17H20N6O2S/c1-12-15-8-14(10-20-17(15)22(2)21-12)26(24,25)23-7-6-19-11-16(23)13-4-3-5-18-9-13/h3-5,8-10,16,19H,6-7,11H2,1-2H3. The topological polar surface area (TPSA) is 93.0 Å². The molecule has 1 saturated heterocycles. The second kappa shape index (κ2) is 6.42. The van der Waals surface area contributed by atoms with Gasteiger partial charge in [0.15, 0.2) is 5.65 Å². The average molecular weight is 372 g/mol. The van der Waals surface area contributed by atoms with Crippen molar-refractivity contribution in [2.75, 3.05) is 19.6 Å². The molecule has 0 radical (unpaired) electrons. The van der Waals surface area contributed by atoms with Crippen molar-refractivity contribution in [3.63, 3.8) is 0 Å². The minimum absolute atomic E-state index is 0.192. The predicted molar refractivity (Wildman–Crippen MR) is 97.0 cm³/mol. The molecule has 3 aromatic rings. The van der Waals surface area contributed by atoms with E-state index >= 15 is 0 Å². The molecule has 8 nitrogen and oxygen atoms in total. The van der Waals surface area contributed by atoms with Crippen LogP contribution in [-0.4, -0.2) is 52.1 Å². The third-order valence-electron chi connectivity index (χ3n) is 4.71. The molecule has 9 heteroatoms. The van der Waals surface area contributed by atoms with Gasteiger partial charge in [-0.25, -0.2) is 13.4 Å². The molecule has 0 aliphatic carbocycles. The summed E-state index contributed by atoms with van der Waals surface area (Å²) in [4.78, 5) is 8.65. The van der Waals surface area contributed by atoms with Crippen LogP contribution in [0.4, 0.5) is 0 Å². The molecule has 0 amide bonds. The summed E-state index contributed by atoms with van der Waals surface area (Å²) in [6.07, 6.45) is 4.82. The van der Waals surface area contributed by atoms with E-state index < -0.39 is 10.0 Å². The number of aryl methyl sites for hydroxylation is 2. The van der Waals surface area contributed by atoms with Crippen LogP contribution in [0.3, 0.4) is 0 Å². The van der Waals surface area contributed by atoms with Crippen molar-refractivity contribution in [1.82, 2.24) is 29.4 Å². The van der Waals surface area contributed by atoms with Crippen LogP contribution < -0.4 is 5.32 Å². The van der Waals surface area contributed by atoms with E-state index in [-0.39, 0.29) is 10.9 Å². The van der Waals surface area contributed by atoms with Gasteiger partial charge in [-0.2, -0.15) is 9.40 Å². The number of rotatable bonds is 3. The zero-order chi connectivity index (χ0) is 18.3. The van der Waals surface area contributed by atoms with Crippen molar-refractivity contribution in [2.45, 2.75) is 17.9 Å². The number of sulfonamides is 1. The Hall–Kier alpha value is -2.36. The van der Waals surface area contributed by atoms with Crippen LogP contribution in [-0.2, 0) is 17.1 Å². The lowest BCUT2D eigenvalue weighted by Gasteiger charge is -2.35. The third kappa shape index (κ3) is 2.77. The van der Waals surface area contributed by atoms with Gasteiger partial charge in [0.25, 0.3) is 0 Å². The van der Waals surface area contributed by atoms with Gasteiger partial charge in [-0.3, -0.25) is 9.67 Å². The van der Waals surface area contributed by atoms with Crippen LogP contribution in [0.25, 0.3) is 11.0 Å².